The Kier molecular flexibility index (Phi) is 7.76. The van der Waals surface area contributed by atoms with Gasteiger partial charge in [-0.3, -0.25) is 4.79 Å². The first-order chi connectivity index (χ1) is 15.2. The molecule has 0 bridgehead atoms. The van der Waals surface area contributed by atoms with Crippen LogP contribution < -0.4 is 5.32 Å². The van der Waals surface area contributed by atoms with Gasteiger partial charge in [-0.05, 0) is 68.5 Å². The van der Waals surface area contributed by atoms with E-state index < -0.39 is 0 Å². The normalized spacial score (nSPS) is 22.5. The zero-order valence-electron chi connectivity index (χ0n) is 18.6. The average Bonchev–Trinajstić information content (AvgIpc) is 3.23. The number of hydrogen-bond donors (Lipinski definition) is 1. The smallest absolute Gasteiger partial charge is 0.222 e. The number of methoxy groups -OCH3 is 1. The van der Waals surface area contributed by atoms with Gasteiger partial charge >= 0.3 is 0 Å². The Morgan fingerprint density at radius 3 is 2.74 bits per heavy atom. The van der Waals surface area contributed by atoms with Crippen LogP contribution in [0.15, 0.2) is 40.9 Å². The maximum Gasteiger partial charge on any atom is 0.222 e. The molecule has 168 valence electrons. The Morgan fingerprint density at radius 2 is 1.97 bits per heavy atom. The minimum atomic E-state index is 0.329. The van der Waals surface area contributed by atoms with Gasteiger partial charge in [0.1, 0.15) is 6.61 Å². The topological polar surface area (TPSA) is 67.6 Å². The van der Waals surface area contributed by atoms with E-state index in [0.717, 1.165) is 69.7 Å². The highest BCUT2D eigenvalue weighted by Crippen LogP contribution is 2.28. The summed E-state index contributed by atoms with van der Waals surface area (Å²) in [6.07, 6.45) is 5.89. The Balaban J connectivity index is 1.26. The summed E-state index contributed by atoms with van der Waals surface area (Å²) in [6.45, 7) is 4.16. The highest BCUT2D eigenvalue weighted by atomic mass is 16.5. The van der Waals surface area contributed by atoms with Crippen molar-refractivity contribution in [1.82, 2.24) is 15.4 Å². The van der Waals surface area contributed by atoms with Gasteiger partial charge in [0, 0.05) is 32.7 Å². The summed E-state index contributed by atoms with van der Waals surface area (Å²) in [5, 5.41) is 7.69. The monoisotopic (exact) mass is 425 g/mol. The fourth-order valence-corrected chi connectivity index (χ4v) is 5.10. The summed E-state index contributed by atoms with van der Waals surface area (Å²) in [4.78, 5) is 15.2. The third kappa shape index (κ3) is 6.17. The first-order valence-corrected chi connectivity index (χ1v) is 11.7. The molecule has 0 aliphatic carbocycles. The zero-order chi connectivity index (χ0) is 21.5. The summed E-state index contributed by atoms with van der Waals surface area (Å²) < 4.78 is 10.5. The molecule has 1 aromatic heterocycles. The fraction of sp³-hybridized carbons (Fsp3) is 0.600. The van der Waals surface area contributed by atoms with Crippen molar-refractivity contribution in [1.29, 1.82) is 0 Å². The largest absolute Gasteiger partial charge is 0.377 e. The first kappa shape index (κ1) is 22.0. The van der Waals surface area contributed by atoms with Crippen LogP contribution in [0.3, 0.4) is 0 Å². The third-order valence-corrected chi connectivity index (χ3v) is 6.90. The van der Waals surface area contributed by atoms with Gasteiger partial charge in [-0.1, -0.05) is 35.5 Å². The van der Waals surface area contributed by atoms with Crippen molar-refractivity contribution in [2.45, 2.75) is 45.1 Å². The van der Waals surface area contributed by atoms with Crippen molar-refractivity contribution in [2.24, 2.45) is 17.8 Å². The Bertz CT molecular complexity index is 814. The van der Waals surface area contributed by atoms with E-state index in [4.69, 9.17) is 9.26 Å². The molecule has 1 N–H and O–H groups in total. The molecule has 31 heavy (non-hydrogen) atoms. The van der Waals surface area contributed by atoms with E-state index in [1.807, 2.05) is 6.07 Å². The molecule has 2 atom stereocenters. The maximum atomic E-state index is 13.1. The second kappa shape index (κ2) is 10.9. The number of carbonyl (C=O) groups is 1. The number of carbonyl (C=O) groups excluding carboxylic acids is 1. The van der Waals surface area contributed by atoms with Gasteiger partial charge in [-0.15, -0.1) is 0 Å². The van der Waals surface area contributed by atoms with Crippen LogP contribution in [-0.4, -0.2) is 49.3 Å². The summed E-state index contributed by atoms with van der Waals surface area (Å²) in [5.41, 5.74) is 2.37. The number of aromatic nitrogens is 1. The first-order valence-electron chi connectivity index (χ1n) is 11.7. The van der Waals surface area contributed by atoms with Gasteiger partial charge in [0.05, 0.1) is 5.69 Å². The minimum Gasteiger partial charge on any atom is -0.377 e. The number of piperidine rings is 2. The lowest BCUT2D eigenvalue weighted by molar-refractivity contribution is -0.134. The zero-order valence-corrected chi connectivity index (χ0v) is 18.6. The van der Waals surface area contributed by atoms with E-state index >= 15 is 0 Å². The van der Waals surface area contributed by atoms with E-state index in [-0.39, 0.29) is 0 Å². The van der Waals surface area contributed by atoms with Gasteiger partial charge < -0.3 is 19.5 Å². The third-order valence-electron chi connectivity index (χ3n) is 6.90. The van der Waals surface area contributed by atoms with Gasteiger partial charge in [-0.25, -0.2) is 0 Å². The molecule has 2 fully saturated rings. The highest BCUT2D eigenvalue weighted by molar-refractivity contribution is 5.76. The number of nitrogens with zero attached hydrogens (tertiary/aromatic N) is 2. The molecule has 6 nitrogen and oxygen atoms in total. The van der Waals surface area contributed by atoms with Crippen LogP contribution >= 0.6 is 0 Å². The quantitative estimate of drug-likeness (QED) is 0.702. The highest BCUT2D eigenvalue weighted by Gasteiger charge is 2.31. The lowest BCUT2D eigenvalue weighted by Gasteiger charge is -2.36. The van der Waals surface area contributed by atoms with Gasteiger partial charge in [-0.2, -0.15) is 0 Å². The molecule has 4 rings (SSSR count). The Morgan fingerprint density at radius 1 is 1.16 bits per heavy atom. The Hall–Kier alpha value is -2.18. The summed E-state index contributed by atoms with van der Waals surface area (Å²) in [7, 11) is 1.65. The second-order valence-corrected chi connectivity index (χ2v) is 9.15. The molecule has 0 spiro atoms. The predicted molar refractivity (Wildman–Crippen MR) is 119 cm³/mol. The van der Waals surface area contributed by atoms with Crippen LogP contribution in [-0.2, 0) is 29.0 Å². The van der Waals surface area contributed by atoms with E-state index in [1.54, 1.807) is 7.11 Å². The fourth-order valence-electron chi connectivity index (χ4n) is 5.10. The molecule has 2 aliphatic rings. The standard InChI is InChI=1S/C25H35N3O3/c1-30-18-24-16-23(27-31-24)14-22-17-26-10-7-21(22)15-25(29)28-11-8-20(9-12-28)13-19-5-3-2-4-6-19/h2-6,16,20-22,26H,7-15,17-18H2,1H3/t21-,22+/m0/s1. The molecule has 2 saturated heterocycles. The molecule has 3 heterocycles. The molecule has 0 unspecified atom stereocenters. The minimum absolute atomic E-state index is 0.329. The molecule has 2 aliphatic heterocycles. The number of amides is 1. The molecule has 6 heteroatoms. The van der Waals surface area contributed by atoms with Crippen molar-refractivity contribution in [2.75, 3.05) is 33.3 Å². The molecule has 2 aromatic rings. The lowest BCUT2D eigenvalue weighted by Crippen LogP contribution is -2.43. The number of rotatable bonds is 8. The predicted octanol–water partition coefficient (Wildman–Crippen LogP) is 3.46. The molecule has 0 saturated carbocycles. The van der Waals surface area contributed by atoms with Crippen LogP contribution in [0.25, 0.3) is 0 Å². The summed E-state index contributed by atoms with van der Waals surface area (Å²) in [5.74, 6) is 2.58. The SMILES string of the molecule is COCc1cc(C[C@@H]2CNCC[C@H]2CC(=O)N2CCC(Cc3ccccc3)CC2)no1. The lowest BCUT2D eigenvalue weighted by atomic mass is 9.80. The van der Waals surface area contributed by atoms with Crippen molar-refractivity contribution in [3.8, 4) is 0 Å². The van der Waals surface area contributed by atoms with Gasteiger partial charge in [0.25, 0.3) is 0 Å². The second-order valence-electron chi connectivity index (χ2n) is 9.15. The van der Waals surface area contributed by atoms with E-state index in [2.05, 4.69) is 45.7 Å². The number of ether oxygens (including phenoxy) is 1. The summed E-state index contributed by atoms with van der Waals surface area (Å²) >= 11 is 0. The number of nitrogens with one attached hydrogen (secondary N) is 1. The van der Waals surface area contributed by atoms with Crippen LogP contribution in [0.2, 0.25) is 0 Å². The maximum absolute atomic E-state index is 13.1. The molecule has 1 amide bonds. The number of benzene rings is 1. The van der Waals surface area contributed by atoms with Crippen LogP contribution in [0.1, 0.15) is 42.7 Å². The Labute approximate surface area is 185 Å². The van der Waals surface area contributed by atoms with Crippen molar-refractivity contribution < 1.29 is 14.1 Å². The van der Waals surface area contributed by atoms with Crippen molar-refractivity contribution in [3.63, 3.8) is 0 Å². The van der Waals surface area contributed by atoms with E-state index in [1.165, 1.54) is 5.56 Å². The average molecular weight is 426 g/mol. The number of likely N-dealkylation sites (tertiary alicyclic amines) is 1. The van der Waals surface area contributed by atoms with Gasteiger partial charge in [0.2, 0.25) is 5.91 Å². The van der Waals surface area contributed by atoms with Crippen LogP contribution in [0, 0.1) is 17.8 Å². The summed E-state index contributed by atoms with van der Waals surface area (Å²) in [6, 6.07) is 12.7. The molecule has 0 radical (unpaired) electrons. The molecular weight excluding hydrogens is 390 g/mol. The number of hydrogen-bond acceptors (Lipinski definition) is 5. The molecular formula is C25H35N3O3. The van der Waals surface area contributed by atoms with Crippen LogP contribution in [0.4, 0.5) is 0 Å². The van der Waals surface area contributed by atoms with Crippen LogP contribution in [0.5, 0.6) is 0 Å². The van der Waals surface area contributed by atoms with Gasteiger partial charge in [0.15, 0.2) is 5.76 Å². The van der Waals surface area contributed by atoms with E-state index in [0.29, 0.717) is 36.7 Å². The van der Waals surface area contributed by atoms with Crippen molar-refractivity contribution >= 4 is 5.91 Å². The molecule has 1 aromatic carbocycles. The van der Waals surface area contributed by atoms with Crippen molar-refractivity contribution in [3.05, 3.63) is 53.4 Å². The van der Waals surface area contributed by atoms with E-state index in [9.17, 15) is 4.79 Å².